The summed E-state index contributed by atoms with van der Waals surface area (Å²) in [5, 5.41) is 16.4. The van der Waals surface area contributed by atoms with Gasteiger partial charge in [-0.15, -0.1) is 0 Å². The van der Waals surface area contributed by atoms with Gasteiger partial charge in [-0.25, -0.2) is 14.3 Å². The number of hydrogen-bond acceptors (Lipinski definition) is 7. The highest BCUT2D eigenvalue weighted by atomic mass is 16.5. The molecule has 3 aromatic heterocycles. The predicted molar refractivity (Wildman–Crippen MR) is 151 cm³/mol. The second-order valence-corrected chi connectivity index (χ2v) is 10.1. The molecule has 10 nitrogen and oxygen atoms in total. The average Bonchev–Trinajstić information content (AvgIpc) is 3.65. The van der Waals surface area contributed by atoms with Gasteiger partial charge in [0.15, 0.2) is 5.82 Å². The third-order valence-corrected chi connectivity index (χ3v) is 7.29. The Hall–Kier alpha value is -4.44. The molecule has 0 aliphatic carbocycles. The Morgan fingerprint density at radius 2 is 2.03 bits per heavy atom. The Balaban J connectivity index is 1.21. The number of nitrogens with zero attached hydrogens (tertiary/aromatic N) is 6. The van der Waals surface area contributed by atoms with Gasteiger partial charge in [0.2, 0.25) is 0 Å². The molecule has 0 spiro atoms. The van der Waals surface area contributed by atoms with Crippen LogP contribution in [0.25, 0.3) is 16.4 Å². The fourth-order valence-corrected chi connectivity index (χ4v) is 5.32. The quantitative estimate of drug-likeness (QED) is 0.297. The fourth-order valence-electron chi connectivity index (χ4n) is 5.32. The smallest absolute Gasteiger partial charge is 0.411 e. The number of rotatable bonds is 8. The van der Waals surface area contributed by atoms with E-state index in [-0.39, 0.29) is 0 Å². The first-order chi connectivity index (χ1) is 19.1. The van der Waals surface area contributed by atoms with Crippen LogP contribution in [0, 0.1) is 5.92 Å². The highest BCUT2D eigenvalue weighted by molar-refractivity contribution is 5.91. The Kier molecular flexibility index (Phi) is 6.85. The minimum absolute atomic E-state index is 0.379. The zero-order valence-electron chi connectivity index (χ0n) is 22.2. The zero-order chi connectivity index (χ0) is 26.8. The second kappa shape index (κ2) is 10.7. The summed E-state index contributed by atoms with van der Waals surface area (Å²) >= 11 is 0. The second-order valence-electron chi connectivity index (χ2n) is 10.1. The fraction of sp³-hybridized carbons (Fsp3) is 0.310. The molecular weight excluding hydrogens is 492 g/mol. The molecule has 1 atom stereocenters. The largest absolute Gasteiger partial charge is 0.449 e. The molecule has 1 aliphatic heterocycles. The van der Waals surface area contributed by atoms with Gasteiger partial charge in [0.1, 0.15) is 11.8 Å². The van der Waals surface area contributed by atoms with Crippen LogP contribution in [0.4, 0.5) is 22.0 Å². The third kappa shape index (κ3) is 5.28. The predicted octanol–water partition coefficient (Wildman–Crippen LogP) is 4.93. The number of aryl methyl sites for hydroxylation is 1. The van der Waals surface area contributed by atoms with Crippen molar-refractivity contribution in [2.45, 2.75) is 26.3 Å². The molecule has 2 aromatic carbocycles. The van der Waals surface area contributed by atoms with E-state index in [0.717, 1.165) is 47.2 Å². The van der Waals surface area contributed by atoms with Gasteiger partial charge in [-0.1, -0.05) is 37.3 Å². The normalized spacial score (nSPS) is 15.7. The Morgan fingerprint density at radius 3 is 2.82 bits per heavy atom. The van der Waals surface area contributed by atoms with E-state index < -0.39 is 6.09 Å². The molecule has 10 heteroatoms. The van der Waals surface area contributed by atoms with E-state index >= 15 is 0 Å². The number of amides is 1. The minimum atomic E-state index is -0.449. The van der Waals surface area contributed by atoms with E-state index in [1.165, 1.54) is 11.9 Å². The molecule has 1 amide bonds. The van der Waals surface area contributed by atoms with Crippen molar-refractivity contribution >= 4 is 39.7 Å². The van der Waals surface area contributed by atoms with Gasteiger partial charge in [-0.05, 0) is 50.2 Å². The van der Waals surface area contributed by atoms with Crippen LogP contribution < -0.4 is 10.6 Å². The van der Waals surface area contributed by atoms with Gasteiger partial charge in [0.25, 0.3) is 0 Å². The monoisotopic (exact) mass is 524 g/mol. The van der Waals surface area contributed by atoms with Crippen molar-refractivity contribution in [3.8, 4) is 0 Å². The van der Waals surface area contributed by atoms with Crippen molar-refractivity contribution in [3.63, 3.8) is 0 Å². The molecule has 6 rings (SSSR count). The number of aromatic nitrogens is 5. The van der Waals surface area contributed by atoms with Crippen molar-refractivity contribution < 1.29 is 9.53 Å². The first-order valence-electron chi connectivity index (χ1n) is 13.3. The lowest BCUT2D eigenvalue weighted by Gasteiger charge is -2.12. The van der Waals surface area contributed by atoms with E-state index in [4.69, 9.17) is 4.74 Å². The van der Waals surface area contributed by atoms with Gasteiger partial charge in [-0.2, -0.15) is 10.2 Å². The molecule has 1 aliphatic rings. The molecule has 1 saturated heterocycles. The van der Waals surface area contributed by atoms with Gasteiger partial charge in [0, 0.05) is 29.1 Å². The number of carbonyl (C=O) groups excluding carboxylic acids is 1. The van der Waals surface area contributed by atoms with Crippen molar-refractivity contribution in [1.29, 1.82) is 0 Å². The number of anilines is 3. The number of hydrogen-bond donors (Lipinski definition) is 2. The van der Waals surface area contributed by atoms with Crippen LogP contribution in [0.15, 0.2) is 67.3 Å². The van der Waals surface area contributed by atoms with Crippen molar-refractivity contribution in [1.82, 2.24) is 29.3 Å². The number of benzene rings is 2. The summed E-state index contributed by atoms with van der Waals surface area (Å²) in [6.45, 7) is 5.17. The standard InChI is InChI=1S/C29H32N8O2/c1-3-24-25(34-29(38)39-18-21-11-12-35(2)15-21)17-37-27(24)28(30-19-32-37)33-23-9-10-26-22(13-23)14-31-36(26)16-20-7-5-4-6-8-20/h4-10,13-14,17,19,21H,3,11-12,15-16,18H2,1-2H3,(H,34,38)(H,30,32,33)/t21-/m0/s1. The van der Waals surface area contributed by atoms with Crippen LogP contribution in [0.2, 0.25) is 0 Å². The maximum absolute atomic E-state index is 12.6. The molecule has 0 radical (unpaired) electrons. The van der Waals surface area contributed by atoms with Crippen LogP contribution in [-0.2, 0) is 17.7 Å². The van der Waals surface area contributed by atoms with E-state index in [1.807, 2.05) is 48.3 Å². The summed E-state index contributed by atoms with van der Waals surface area (Å²) in [4.78, 5) is 19.4. The lowest BCUT2D eigenvalue weighted by molar-refractivity contribution is 0.142. The van der Waals surface area contributed by atoms with Crippen LogP contribution >= 0.6 is 0 Å². The summed E-state index contributed by atoms with van der Waals surface area (Å²) in [6, 6.07) is 16.4. The van der Waals surface area contributed by atoms with Crippen LogP contribution in [-0.4, -0.2) is 62.1 Å². The number of nitrogens with one attached hydrogen (secondary N) is 2. The van der Waals surface area contributed by atoms with Crippen LogP contribution in [0.5, 0.6) is 0 Å². The van der Waals surface area contributed by atoms with E-state index in [0.29, 0.717) is 37.0 Å². The third-order valence-electron chi connectivity index (χ3n) is 7.29. The molecular formula is C29H32N8O2. The summed E-state index contributed by atoms with van der Waals surface area (Å²) in [6.07, 6.45) is 6.48. The zero-order valence-corrected chi connectivity index (χ0v) is 22.2. The summed E-state index contributed by atoms with van der Waals surface area (Å²) in [5.41, 5.74) is 5.57. The molecule has 4 heterocycles. The maximum Gasteiger partial charge on any atom is 0.411 e. The highest BCUT2D eigenvalue weighted by Crippen LogP contribution is 2.30. The van der Waals surface area contributed by atoms with Crippen LogP contribution in [0.3, 0.4) is 0 Å². The van der Waals surface area contributed by atoms with Gasteiger partial charge < -0.3 is 15.0 Å². The Bertz CT molecular complexity index is 1610. The number of likely N-dealkylation sites (tertiary alicyclic amines) is 1. The van der Waals surface area contributed by atoms with Crippen LogP contribution in [0.1, 0.15) is 24.5 Å². The SMILES string of the molecule is CCc1c(NC(=O)OC[C@H]2CCN(C)C2)cn2ncnc(Nc3ccc4c(cnn4Cc4ccccc4)c3)c12. The maximum atomic E-state index is 12.6. The molecule has 2 N–H and O–H groups in total. The van der Waals surface area contributed by atoms with E-state index in [2.05, 4.69) is 62.0 Å². The number of ether oxygens (including phenoxy) is 1. The van der Waals surface area contributed by atoms with Crippen molar-refractivity contribution in [2.24, 2.45) is 5.92 Å². The van der Waals surface area contributed by atoms with Crippen molar-refractivity contribution in [2.75, 3.05) is 37.4 Å². The van der Waals surface area contributed by atoms with Gasteiger partial charge >= 0.3 is 6.09 Å². The first kappa shape index (κ1) is 24.9. The molecule has 1 fully saturated rings. The lowest BCUT2D eigenvalue weighted by Crippen LogP contribution is -2.21. The molecule has 5 aromatic rings. The number of carbonyl (C=O) groups is 1. The molecule has 39 heavy (non-hydrogen) atoms. The summed E-state index contributed by atoms with van der Waals surface area (Å²) in [7, 11) is 2.09. The Labute approximate surface area is 226 Å². The lowest BCUT2D eigenvalue weighted by atomic mass is 10.1. The number of fused-ring (bicyclic) bond motifs is 2. The summed E-state index contributed by atoms with van der Waals surface area (Å²) < 4.78 is 9.28. The first-order valence-corrected chi connectivity index (χ1v) is 13.3. The molecule has 200 valence electrons. The van der Waals surface area contributed by atoms with Gasteiger partial charge in [-0.3, -0.25) is 10.00 Å². The molecule has 0 unspecified atom stereocenters. The van der Waals surface area contributed by atoms with E-state index in [9.17, 15) is 4.79 Å². The highest BCUT2D eigenvalue weighted by Gasteiger charge is 2.22. The van der Waals surface area contributed by atoms with Gasteiger partial charge in [0.05, 0.1) is 36.7 Å². The molecule has 0 saturated carbocycles. The topological polar surface area (TPSA) is 102 Å². The molecule has 0 bridgehead atoms. The Morgan fingerprint density at radius 1 is 1.15 bits per heavy atom. The average molecular weight is 525 g/mol. The minimum Gasteiger partial charge on any atom is -0.449 e. The van der Waals surface area contributed by atoms with E-state index in [1.54, 1.807) is 4.52 Å². The summed E-state index contributed by atoms with van der Waals surface area (Å²) in [5.74, 6) is 1.04. The van der Waals surface area contributed by atoms with Crippen molar-refractivity contribution in [3.05, 3.63) is 78.4 Å².